The van der Waals surface area contributed by atoms with Gasteiger partial charge in [-0.05, 0) is 22.2 Å². The monoisotopic (exact) mass is 225 g/mol. The molecule has 0 saturated heterocycles. The average Bonchev–Trinajstić information content (AvgIpc) is 2.49. The highest BCUT2D eigenvalue weighted by atomic mass is 28.3. The van der Waals surface area contributed by atoms with Crippen molar-refractivity contribution in [3.05, 3.63) is 18.4 Å². The SMILES string of the molecule is CC(C)(C)[Si](N)(c1ccco1)C(C)(C)C. The summed E-state index contributed by atoms with van der Waals surface area (Å²) in [6, 6.07) is 3.96. The van der Waals surface area contributed by atoms with E-state index in [1.807, 2.05) is 12.1 Å². The standard InChI is InChI=1S/C12H23NOSi/c1-11(2,3)15(13,12(4,5)6)10-8-7-9-14-10/h7-9H,13H2,1-6H3. The van der Waals surface area contributed by atoms with E-state index in [4.69, 9.17) is 9.82 Å². The Kier molecular flexibility index (Phi) is 2.92. The first-order chi connectivity index (χ1) is 6.61. The van der Waals surface area contributed by atoms with Crippen LogP contribution in [0.4, 0.5) is 0 Å². The second kappa shape index (κ2) is 3.49. The Bertz CT molecular complexity index is 302. The minimum atomic E-state index is -2.14. The van der Waals surface area contributed by atoms with Crippen molar-refractivity contribution in [1.29, 1.82) is 0 Å². The van der Waals surface area contributed by atoms with Gasteiger partial charge in [0.2, 0.25) is 8.24 Å². The van der Waals surface area contributed by atoms with E-state index in [-0.39, 0.29) is 10.1 Å². The minimum Gasteiger partial charge on any atom is -0.473 e. The van der Waals surface area contributed by atoms with Crippen LogP contribution in [0.3, 0.4) is 0 Å². The summed E-state index contributed by atoms with van der Waals surface area (Å²) in [6.45, 7) is 13.3. The summed E-state index contributed by atoms with van der Waals surface area (Å²) < 4.78 is 5.59. The molecule has 0 aliphatic carbocycles. The molecule has 0 fully saturated rings. The molecule has 2 N–H and O–H groups in total. The maximum Gasteiger partial charge on any atom is 0.209 e. The summed E-state index contributed by atoms with van der Waals surface area (Å²) in [7, 11) is -2.14. The highest BCUT2D eigenvalue weighted by molar-refractivity contribution is 6.92. The van der Waals surface area contributed by atoms with Crippen LogP contribution in [0.1, 0.15) is 41.5 Å². The first-order valence-corrected chi connectivity index (χ1v) is 7.51. The molecule has 2 nitrogen and oxygen atoms in total. The van der Waals surface area contributed by atoms with Crippen molar-refractivity contribution in [1.82, 2.24) is 0 Å². The topological polar surface area (TPSA) is 39.2 Å². The third kappa shape index (κ3) is 1.90. The van der Waals surface area contributed by atoms with Crippen LogP contribution < -0.4 is 10.8 Å². The zero-order chi connectivity index (χ0) is 11.9. The molecule has 0 bridgehead atoms. The maximum absolute atomic E-state index is 6.76. The highest BCUT2D eigenvalue weighted by Crippen LogP contribution is 2.47. The van der Waals surface area contributed by atoms with Gasteiger partial charge in [-0.2, -0.15) is 0 Å². The van der Waals surface area contributed by atoms with E-state index in [0.29, 0.717) is 0 Å². The molecule has 0 atom stereocenters. The van der Waals surface area contributed by atoms with E-state index < -0.39 is 8.24 Å². The summed E-state index contributed by atoms with van der Waals surface area (Å²) in [5.41, 5.74) is 0. The fourth-order valence-corrected chi connectivity index (χ4v) is 6.71. The van der Waals surface area contributed by atoms with Crippen molar-refractivity contribution in [3.8, 4) is 0 Å². The number of rotatable bonds is 1. The molecule has 0 radical (unpaired) electrons. The van der Waals surface area contributed by atoms with Gasteiger partial charge < -0.3 is 9.82 Å². The van der Waals surface area contributed by atoms with Gasteiger partial charge in [-0.3, -0.25) is 0 Å². The van der Waals surface area contributed by atoms with Crippen LogP contribution in [0.2, 0.25) is 10.1 Å². The molecule has 1 aromatic rings. The van der Waals surface area contributed by atoms with E-state index in [9.17, 15) is 0 Å². The Balaban J connectivity index is 3.33. The van der Waals surface area contributed by atoms with Gasteiger partial charge in [0, 0.05) is 0 Å². The quantitative estimate of drug-likeness (QED) is 0.746. The Hall–Kier alpha value is -0.543. The zero-order valence-electron chi connectivity index (χ0n) is 10.7. The molecular weight excluding hydrogens is 202 g/mol. The molecule has 0 saturated carbocycles. The molecule has 1 rings (SSSR count). The molecule has 0 amide bonds. The highest BCUT2D eigenvalue weighted by Gasteiger charge is 2.54. The van der Waals surface area contributed by atoms with Crippen LogP contribution in [0, 0.1) is 0 Å². The Morgan fingerprint density at radius 3 is 1.80 bits per heavy atom. The fourth-order valence-electron chi connectivity index (χ4n) is 2.37. The van der Waals surface area contributed by atoms with Crippen molar-refractivity contribution >= 4 is 13.6 Å². The Labute approximate surface area is 93.9 Å². The van der Waals surface area contributed by atoms with Gasteiger partial charge in [-0.1, -0.05) is 41.5 Å². The van der Waals surface area contributed by atoms with Gasteiger partial charge in [0.1, 0.15) is 5.38 Å². The number of furan rings is 1. The fraction of sp³-hybridized carbons (Fsp3) is 0.667. The van der Waals surface area contributed by atoms with E-state index >= 15 is 0 Å². The molecule has 15 heavy (non-hydrogen) atoms. The average molecular weight is 225 g/mol. The molecular formula is C12H23NOSi. The van der Waals surface area contributed by atoms with E-state index in [0.717, 1.165) is 5.38 Å². The summed E-state index contributed by atoms with van der Waals surface area (Å²) in [6.07, 6.45) is 1.72. The summed E-state index contributed by atoms with van der Waals surface area (Å²) in [5.74, 6) is 0. The zero-order valence-corrected chi connectivity index (χ0v) is 11.7. The van der Waals surface area contributed by atoms with Crippen LogP contribution in [-0.4, -0.2) is 8.24 Å². The minimum absolute atomic E-state index is 0.0864. The summed E-state index contributed by atoms with van der Waals surface area (Å²) >= 11 is 0. The molecule has 0 aliphatic rings. The van der Waals surface area contributed by atoms with Gasteiger partial charge in [0.05, 0.1) is 6.26 Å². The third-order valence-corrected chi connectivity index (χ3v) is 9.07. The molecule has 1 heterocycles. The number of nitrogens with two attached hydrogens (primary N) is 1. The Morgan fingerprint density at radius 2 is 1.53 bits per heavy atom. The lowest BCUT2D eigenvalue weighted by Crippen LogP contribution is -2.68. The lowest BCUT2D eigenvalue weighted by atomic mass is 10.2. The molecule has 0 aromatic carbocycles. The lowest BCUT2D eigenvalue weighted by Gasteiger charge is -2.46. The first-order valence-electron chi connectivity index (χ1n) is 5.43. The van der Waals surface area contributed by atoms with Gasteiger partial charge in [-0.25, -0.2) is 0 Å². The van der Waals surface area contributed by atoms with E-state index in [2.05, 4.69) is 41.5 Å². The third-order valence-electron chi connectivity index (χ3n) is 3.28. The van der Waals surface area contributed by atoms with E-state index in [1.54, 1.807) is 6.26 Å². The van der Waals surface area contributed by atoms with Gasteiger partial charge in [0.15, 0.2) is 0 Å². The molecule has 0 unspecified atom stereocenters. The summed E-state index contributed by atoms with van der Waals surface area (Å²) in [5, 5.41) is 7.94. The van der Waals surface area contributed by atoms with Gasteiger partial charge >= 0.3 is 0 Å². The van der Waals surface area contributed by atoms with Gasteiger partial charge in [0.25, 0.3) is 0 Å². The molecule has 1 aromatic heterocycles. The van der Waals surface area contributed by atoms with Crippen molar-refractivity contribution in [3.63, 3.8) is 0 Å². The van der Waals surface area contributed by atoms with Crippen LogP contribution in [0.25, 0.3) is 0 Å². The van der Waals surface area contributed by atoms with Crippen LogP contribution in [-0.2, 0) is 0 Å². The van der Waals surface area contributed by atoms with Crippen molar-refractivity contribution < 1.29 is 4.42 Å². The van der Waals surface area contributed by atoms with Crippen molar-refractivity contribution in [2.45, 2.75) is 51.6 Å². The number of hydrogen-bond donors (Lipinski definition) is 1. The normalized spacial score (nSPS) is 14.3. The second-order valence-corrected chi connectivity index (χ2v) is 11.4. The smallest absolute Gasteiger partial charge is 0.209 e. The maximum atomic E-state index is 6.76. The molecule has 0 aliphatic heterocycles. The van der Waals surface area contributed by atoms with Crippen molar-refractivity contribution in [2.24, 2.45) is 5.40 Å². The molecule has 0 spiro atoms. The van der Waals surface area contributed by atoms with Crippen LogP contribution >= 0.6 is 0 Å². The van der Waals surface area contributed by atoms with Crippen LogP contribution in [0.5, 0.6) is 0 Å². The molecule has 86 valence electrons. The lowest BCUT2D eigenvalue weighted by molar-refractivity contribution is 0.558. The summed E-state index contributed by atoms with van der Waals surface area (Å²) in [4.78, 5) is 0. The van der Waals surface area contributed by atoms with Gasteiger partial charge in [-0.15, -0.1) is 0 Å². The first kappa shape index (κ1) is 12.5. The predicted molar refractivity (Wildman–Crippen MR) is 67.7 cm³/mol. The Morgan fingerprint density at radius 1 is 1.07 bits per heavy atom. The largest absolute Gasteiger partial charge is 0.473 e. The predicted octanol–water partition coefficient (Wildman–Crippen LogP) is 2.99. The van der Waals surface area contributed by atoms with Crippen LogP contribution in [0.15, 0.2) is 22.8 Å². The number of hydrogen-bond acceptors (Lipinski definition) is 2. The van der Waals surface area contributed by atoms with E-state index in [1.165, 1.54) is 0 Å². The van der Waals surface area contributed by atoms with Crippen molar-refractivity contribution in [2.75, 3.05) is 0 Å². The second-order valence-electron chi connectivity index (χ2n) is 6.29. The molecule has 3 heteroatoms.